The van der Waals surface area contributed by atoms with Crippen LogP contribution in [0.2, 0.25) is 0 Å². The van der Waals surface area contributed by atoms with E-state index in [0.29, 0.717) is 19.0 Å². The number of methoxy groups -OCH3 is 1. The topological polar surface area (TPSA) is 76.1 Å². The molecule has 0 radical (unpaired) electrons. The number of ether oxygens (including phenoxy) is 1. The number of para-hydroxylation sites is 1. The molecule has 0 fully saturated rings. The van der Waals surface area contributed by atoms with Gasteiger partial charge < -0.3 is 15.4 Å². The first-order chi connectivity index (χ1) is 10.2. The molecule has 0 aliphatic heterocycles. The number of rotatable bonds is 6. The summed E-state index contributed by atoms with van der Waals surface area (Å²) in [7, 11) is 1.60. The lowest BCUT2D eigenvalue weighted by molar-refractivity contribution is 0.102. The zero-order valence-electron chi connectivity index (χ0n) is 11.5. The van der Waals surface area contributed by atoms with E-state index in [0.717, 1.165) is 0 Å². The van der Waals surface area contributed by atoms with E-state index in [1.165, 1.54) is 18.2 Å². The van der Waals surface area contributed by atoms with Gasteiger partial charge in [-0.1, -0.05) is 12.1 Å². The number of amides is 1. The molecule has 110 valence electrons. The molecule has 0 saturated carbocycles. The minimum Gasteiger partial charge on any atom is -0.383 e. The summed E-state index contributed by atoms with van der Waals surface area (Å²) in [6, 6.07) is 9.06. The molecule has 2 aromatic rings. The van der Waals surface area contributed by atoms with Gasteiger partial charge >= 0.3 is 0 Å². The molecule has 1 aromatic carbocycles. The summed E-state index contributed by atoms with van der Waals surface area (Å²) < 4.78 is 18.3. The summed E-state index contributed by atoms with van der Waals surface area (Å²) in [5.41, 5.74) is 0.210. The van der Waals surface area contributed by atoms with Gasteiger partial charge in [0.05, 0.1) is 12.3 Å². The fourth-order valence-corrected chi connectivity index (χ4v) is 1.58. The van der Waals surface area contributed by atoms with E-state index in [2.05, 4.69) is 20.8 Å². The number of halogens is 1. The van der Waals surface area contributed by atoms with Crippen molar-refractivity contribution in [3.05, 3.63) is 47.9 Å². The summed E-state index contributed by atoms with van der Waals surface area (Å²) in [5.74, 6) is -0.484. The van der Waals surface area contributed by atoms with E-state index in [1.807, 2.05) is 0 Å². The lowest BCUT2D eigenvalue weighted by Gasteiger charge is -2.06. The monoisotopic (exact) mass is 290 g/mol. The van der Waals surface area contributed by atoms with Crippen LogP contribution in [0.3, 0.4) is 0 Å². The molecule has 0 atom stereocenters. The van der Waals surface area contributed by atoms with Crippen LogP contribution in [0.5, 0.6) is 0 Å². The molecule has 1 aromatic heterocycles. The van der Waals surface area contributed by atoms with Gasteiger partial charge in [0.25, 0.3) is 5.91 Å². The highest BCUT2D eigenvalue weighted by Gasteiger charge is 2.10. The summed E-state index contributed by atoms with van der Waals surface area (Å²) >= 11 is 0. The van der Waals surface area contributed by atoms with Crippen LogP contribution in [0.1, 0.15) is 10.5 Å². The quantitative estimate of drug-likeness (QED) is 0.795. The van der Waals surface area contributed by atoms with Gasteiger partial charge in [-0.3, -0.25) is 4.79 Å². The average Bonchev–Trinajstić information content (AvgIpc) is 2.50. The highest BCUT2D eigenvalue weighted by molar-refractivity contribution is 6.02. The third-order valence-electron chi connectivity index (χ3n) is 2.63. The van der Waals surface area contributed by atoms with Crippen LogP contribution in [0.25, 0.3) is 0 Å². The van der Waals surface area contributed by atoms with Crippen LogP contribution in [0, 0.1) is 5.82 Å². The number of hydrogen-bond acceptors (Lipinski definition) is 5. The van der Waals surface area contributed by atoms with Gasteiger partial charge in [-0.15, -0.1) is 10.2 Å². The fourth-order valence-electron chi connectivity index (χ4n) is 1.58. The van der Waals surface area contributed by atoms with Crippen molar-refractivity contribution in [1.29, 1.82) is 0 Å². The smallest absolute Gasteiger partial charge is 0.276 e. The molecular weight excluding hydrogens is 275 g/mol. The third-order valence-corrected chi connectivity index (χ3v) is 2.63. The van der Waals surface area contributed by atoms with Gasteiger partial charge in [0.15, 0.2) is 5.69 Å². The van der Waals surface area contributed by atoms with Crippen molar-refractivity contribution < 1.29 is 13.9 Å². The van der Waals surface area contributed by atoms with E-state index >= 15 is 0 Å². The highest BCUT2D eigenvalue weighted by atomic mass is 19.1. The van der Waals surface area contributed by atoms with Crippen LogP contribution in [-0.4, -0.2) is 36.4 Å². The highest BCUT2D eigenvalue weighted by Crippen LogP contribution is 2.13. The summed E-state index contributed by atoms with van der Waals surface area (Å²) in [6.07, 6.45) is 0. The molecule has 6 nitrogen and oxygen atoms in total. The molecule has 0 aliphatic rings. The molecule has 1 amide bonds. The second-order valence-corrected chi connectivity index (χ2v) is 4.16. The van der Waals surface area contributed by atoms with Crippen molar-refractivity contribution in [2.24, 2.45) is 0 Å². The first-order valence-corrected chi connectivity index (χ1v) is 6.33. The van der Waals surface area contributed by atoms with Crippen molar-refractivity contribution in [2.45, 2.75) is 0 Å². The number of hydrogen-bond donors (Lipinski definition) is 2. The third kappa shape index (κ3) is 4.22. The standard InChI is InChI=1S/C14H15FN4O2/c1-21-9-8-16-13-7-6-12(18-19-13)14(20)17-11-5-3-2-4-10(11)15/h2-7H,8-9H2,1H3,(H,16,19)(H,17,20). The molecular formula is C14H15FN4O2. The molecule has 2 rings (SSSR count). The van der Waals surface area contributed by atoms with Crippen molar-refractivity contribution in [3.8, 4) is 0 Å². The van der Waals surface area contributed by atoms with Gasteiger partial charge in [0.2, 0.25) is 0 Å². The molecule has 0 spiro atoms. The van der Waals surface area contributed by atoms with Crippen molar-refractivity contribution in [3.63, 3.8) is 0 Å². The Balaban J connectivity index is 1.98. The van der Waals surface area contributed by atoms with Gasteiger partial charge in [0.1, 0.15) is 11.6 Å². The van der Waals surface area contributed by atoms with Crippen molar-refractivity contribution in [1.82, 2.24) is 10.2 Å². The summed E-state index contributed by atoms with van der Waals surface area (Å²) in [5, 5.41) is 13.1. The Morgan fingerprint density at radius 2 is 2.05 bits per heavy atom. The number of anilines is 2. The Labute approximate surface area is 121 Å². The second-order valence-electron chi connectivity index (χ2n) is 4.16. The number of carbonyl (C=O) groups excluding carboxylic acids is 1. The molecule has 21 heavy (non-hydrogen) atoms. The minimum absolute atomic E-state index is 0.103. The number of nitrogens with one attached hydrogen (secondary N) is 2. The first-order valence-electron chi connectivity index (χ1n) is 6.33. The van der Waals surface area contributed by atoms with Crippen molar-refractivity contribution in [2.75, 3.05) is 30.9 Å². The van der Waals surface area contributed by atoms with Crippen LogP contribution in [0.15, 0.2) is 36.4 Å². The van der Waals surface area contributed by atoms with Crippen LogP contribution in [-0.2, 0) is 4.74 Å². The van der Waals surface area contributed by atoms with Gasteiger partial charge in [0, 0.05) is 13.7 Å². The lowest BCUT2D eigenvalue weighted by atomic mass is 10.3. The van der Waals surface area contributed by atoms with Gasteiger partial charge in [-0.25, -0.2) is 4.39 Å². The Morgan fingerprint density at radius 1 is 1.24 bits per heavy atom. The summed E-state index contributed by atoms with van der Waals surface area (Å²) in [6.45, 7) is 1.13. The maximum Gasteiger partial charge on any atom is 0.276 e. The molecule has 0 bridgehead atoms. The molecule has 1 heterocycles. The maximum atomic E-state index is 13.4. The normalized spacial score (nSPS) is 10.2. The predicted molar refractivity (Wildman–Crippen MR) is 76.8 cm³/mol. The predicted octanol–water partition coefficient (Wildman–Crippen LogP) is 1.93. The minimum atomic E-state index is -0.518. The Hall–Kier alpha value is -2.54. The Bertz CT molecular complexity index is 604. The fraction of sp³-hybridized carbons (Fsp3) is 0.214. The zero-order valence-corrected chi connectivity index (χ0v) is 11.5. The molecule has 0 unspecified atom stereocenters. The summed E-state index contributed by atoms with van der Waals surface area (Å²) in [4.78, 5) is 11.9. The van der Waals surface area contributed by atoms with Gasteiger partial charge in [-0.05, 0) is 24.3 Å². The Kier molecular flexibility index (Phi) is 5.16. The number of benzene rings is 1. The molecule has 0 aliphatic carbocycles. The Morgan fingerprint density at radius 3 is 2.71 bits per heavy atom. The van der Waals surface area contributed by atoms with E-state index in [-0.39, 0.29) is 11.4 Å². The van der Waals surface area contributed by atoms with Crippen LogP contribution < -0.4 is 10.6 Å². The largest absolute Gasteiger partial charge is 0.383 e. The zero-order chi connectivity index (χ0) is 15.1. The van der Waals surface area contributed by atoms with E-state index in [4.69, 9.17) is 4.74 Å². The SMILES string of the molecule is COCCNc1ccc(C(=O)Nc2ccccc2F)nn1. The average molecular weight is 290 g/mol. The number of carbonyl (C=O) groups is 1. The maximum absolute atomic E-state index is 13.4. The number of aromatic nitrogens is 2. The van der Waals surface area contributed by atoms with Gasteiger partial charge in [-0.2, -0.15) is 0 Å². The number of nitrogens with zero attached hydrogens (tertiary/aromatic N) is 2. The lowest BCUT2D eigenvalue weighted by Crippen LogP contribution is -2.16. The molecule has 2 N–H and O–H groups in total. The van der Waals surface area contributed by atoms with Crippen molar-refractivity contribution >= 4 is 17.4 Å². The first kappa shape index (κ1) is 14.9. The molecule has 0 saturated heterocycles. The van der Waals surface area contributed by atoms with E-state index < -0.39 is 11.7 Å². The van der Waals surface area contributed by atoms with E-state index in [1.54, 1.807) is 25.3 Å². The van der Waals surface area contributed by atoms with E-state index in [9.17, 15) is 9.18 Å². The van der Waals surface area contributed by atoms with Crippen LogP contribution >= 0.6 is 0 Å². The molecule has 7 heteroatoms. The second kappa shape index (κ2) is 7.30. The van der Waals surface area contributed by atoms with Crippen LogP contribution in [0.4, 0.5) is 15.9 Å².